The van der Waals surface area contributed by atoms with E-state index in [9.17, 15) is 9.59 Å². The first-order valence-corrected chi connectivity index (χ1v) is 4.17. The van der Waals surface area contributed by atoms with Crippen LogP contribution in [-0.4, -0.2) is 71.0 Å². The molecule has 0 bridgehead atoms. The first-order valence-electron chi connectivity index (χ1n) is 4.17. The predicted octanol–water partition coefficient (Wildman–Crippen LogP) is 0.682. The molecule has 0 saturated heterocycles. The summed E-state index contributed by atoms with van der Waals surface area (Å²) in [5.41, 5.74) is -2.48. The minimum atomic E-state index is -1.69. The van der Waals surface area contributed by atoms with E-state index in [1.54, 1.807) is 27.7 Å². The molecule has 2 N–H and O–H groups in total. The monoisotopic (exact) mass is 328 g/mol. The number of carbonyl (C=O) groups is 2. The number of carboxylic acids is 2. The quantitative estimate of drug-likeness (QED) is 0.590. The minimum absolute atomic E-state index is 0. The number of hydrogen-bond acceptors (Lipinski definition) is 2. The first kappa shape index (κ1) is 16.9. The SMILES string of the molecule is CCC(C(=O)O)(C(=O)O)C(C)(C)C.[BaH2]. The Balaban J connectivity index is 0. The summed E-state index contributed by atoms with van der Waals surface area (Å²) in [4.78, 5) is 21.9. The standard InChI is InChI=1S/C9H16O4.Ba.2H/c1-5-9(6(10)11,7(12)13)8(2,3)4;;;/h5H2,1-4H3,(H,10,11)(H,12,13);;;. The van der Waals surface area contributed by atoms with E-state index < -0.39 is 22.8 Å². The van der Waals surface area contributed by atoms with Gasteiger partial charge in [-0.15, -0.1) is 0 Å². The number of hydrogen-bond donors (Lipinski definition) is 2. The molecule has 0 fully saturated rings. The molecule has 0 aromatic rings. The van der Waals surface area contributed by atoms with Gasteiger partial charge in [0, 0.05) is 0 Å². The Bertz CT molecular complexity index is 215. The zero-order chi connectivity index (χ0) is 10.9. The summed E-state index contributed by atoms with van der Waals surface area (Å²) in [5, 5.41) is 17.9. The van der Waals surface area contributed by atoms with Gasteiger partial charge in [-0.05, 0) is 11.8 Å². The van der Waals surface area contributed by atoms with Crippen LogP contribution in [0.25, 0.3) is 0 Å². The van der Waals surface area contributed by atoms with E-state index >= 15 is 0 Å². The third-order valence-corrected chi connectivity index (χ3v) is 2.54. The Labute approximate surface area is 124 Å². The fourth-order valence-corrected chi connectivity index (χ4v) is 1.57. The topological polar surface area (TPSA) is 74.6 Å². The van der Waals surface area contributed by atoms with Crippen molar-refractivity contribution in [1.82, 2.24) is 0 Å². The Hall–Kier alpha value is 0.511. The van der Waals surface area contributed by atoms with E-state index in [4.69, 9.17) is 10.2 Å². The van der Waals surface area contributed by atoms with Crippen molar-refractivity contribution in [3.63, 3.8) is 0 Å². The van der Waals surface area contributed by atoms with Crippen molar-refractivity contribution < 1.29 is 19.8 Å². The van der Waals surface area contributed by atoms with Crippen LogP contribution in [0, 0.1) is 10.8 Å². The summed E-state index contributed by atoms with van der Waals surface area (Å²) in [6, 6.07) is 0. The number of rotatable bonds is 3. The zero-order valence-electron chi connectivity index (χ0n) is 8.42. The third-order valence-electron chi connectivity index (χ3n) is 2.54. The third kappa shape index (κ3) is 2.76. The van der Waals surface area contributed by atoms with Gasteiger partial charge in [0.25, 0.3) is 0 Å². The van der Waals surface area contributed by atoms with Crippen molar-refractivity contribution in [3.05, 3.63) is 0 Å². The van der Waals surface area contributed by atoms with Gasteiger partial charge in [0.2, 0.25) is 0 Å². The molecule has 0 aliphatic heterocycles. The van der Waals surface area contributed by atoms with Gasteiger partial charge in [0.05, 0.1) is 0 Å². The molecule has 0 unspecified atom stereocenters. The van der Waals surface area contributed by atoms with Crippen LogP contribution < -0.4 is 0 Å². The Morgan fingerprint density at radius 1 is 1.07 bits per heavy atom. The second kappa shape index (κ2) is 5.56. The van der Waals surface area contributed by atoms with Gasteiger partial charge in [-0.3, -0.25) is 9.59 Å². The number of aliphatic carboxylic acids is 2. The molecule has 4 nitrogen and oxygen atoms in total. The van der Waals surface area contributed by atoms with Crippen molar-refractivity contribution >= 4 is 60.8 Å². The second-order valence-electron chi connectivity index (χ2n) is 4.12. The average Bonchev–Trinajstić information content (AvgIpc) is 1.83. The van der Waals surface area contributed by atoms with Crippen LogP contribution in [0.3, 0.4) is 0 Å². The maximum atomic E-state index is 11.0. The van der Waals surface area contributed by atoms with Crippen LogP contribution in [0.5, 0.6) is 0 Å². The van der Waals surface area contributed by atoms with Gasteiger partial charge in [-0.2, -0.15) is 0 Å². The van der Waals surface area contributed by atoms with E-state index in [2.05, 4.69) is 0 Å². The van der Waals surface area contributed by atoms with Crippen LogP contribution in [0.1, 0.15) is 34.1 Å². The molecule has 0 atom stereocenters. The molecule has 0 saturated carbocycles. The summed E-state index contributed by atoms with van der Waals surface area (Å²) in [5.74, 6) is -2.54. The Morgan fingerprint density at radius 2 is 1.36 bits per heavy atom. The molecule has 0 radical (unpaired) electrons. The summed E-state index contributed by atoms with van der Waals surface area (Å²) < 4.78 is 0. The predicted molar refractivity (Wildman–Crippen MR) is 56.0 cm³/mol. The van der Waals surface area contributed by atoms with E-state index in [1.165, 1.54) is 0 Å². The summed E-state index contributed by atoms with van der Waals surface area (Å²) >= 11 is 0. The molecule has 80 valence electrons. The molecule has 0 rings (SSSR count). The summed E-state index contributed by atoms with van der Waals surface area (Å²) in [6.07, 6.45) is 0.0845. The van der Waals surface area contributed by atoms with Gasteiger partial charge < -0.3 is 10.2 Å². The molecule has 0 amide bonds. The van der Waals surface area contributed by atoms with Crippen molar-refractivity contribution in [1.29, 1.82) is 0 Å². The van der Waals surface area contributed by atoms with Crippen LogP contribution >= 0.6 is 0 Å². The van der Waals surface area contributed by atoms with Crippen LogP contribution in [0.15, 0.2) is 0 Å². The zero-order valence-corrected chi connectivity index (χ0v) is 8.42. The van der Waals surface area contributed by atoms with Gasteiger partial charge in [-0.1, -0.05) is 27.7 Å². The van der Waals surface area contributed by atoms with Gasteiger partial charge >= 0.3 is 60.8 Å². The van der Waals surface area contributed by atoms with Gasteiger partial charge in [0.1, 0.15) is 0 Å². The van der Waals surface area contributed by atoms with Crippen LogP contribution in [0.4, 0.5) is 0 Å². The maximum absolute atomic E-state index is 11.0. The van der Waals surface area contributed by atoms with E-state index in [0.717, 1.165) is 0 Å². The van der Waals surface area contributed by atoms with Crippen LogP contribution in [0.2, 0.25) is 0 Å². The normalized spacial score (nSPS) is 11.7. The second-order valence-corrected chi connectivity index (χ2v) is 4.12. The molecule has 0 heterocycles. The first-order chi connectivity index (χ1) is 5.70. The van der Waals surface area contributed by atoms with Crippen LogP contribution in [-0.2, 0) is 9.59 Å². The van der Waals surface area contributed by atoms with Crippen molar-refractivity contribution in [2.45, 2.75) is 34.1 Å². The molecule has 0 aliphatic carbocycles. The molecule has 5 heteroatoms. The summed E-state index contributed by atoms with van der Waals surface area (Å²) in [7, 11) is 0. The van der Waals surface area contributed by atoms with E-state index in [-0.39, 0.29) is 55.3 Å². The summed E-state index contributed by atoms with van der Waals surface area (Å²) in [6.45, 7) is 6.45. The van der Waals surface area contributed by atoms with Gasteiger partial charge in [-0.25, -0.2) is 0 Å². The van der Waals surface area contributed by atoms with Gasteiger partial charge in [0.15, 0.2) is 5.41 Å². The van der Waals surface area contributed by atoms with E-state index in [0.29, 0.717) is 0 Å². The fraction of sp³-hybridized carbons (Fsp3) is 0.778. The fourth-order valence-electron chi connectivity index (χ4n) is 1.57. The molecule has 0 aromatic carbocycles. The Kier molecular flexibility index (Phi) is 6.72. The molecule has 0 aliphatic rings. The van der Waals surface area contributed by atoms with Crippen molar-refractivity contribution in [3.8, 4) is 0 Å². The van der Waals surface area contributed by atoms with E-state index in [1.807, 2.05) is 0 Å². The molecule has 0 spiro atoms. The molecular formula is C9H18BaO4. The van der Waals surface area contributed by atoms with Crippen molar-refractivity contribution in [2.24, 2.45) is 10.8 Å². The molecular weight excluding hydrogens is 309 g/mol. The van der Waals surface area contributed by atoms with Crippen molar-refractivity contribution in [2.75, 3.05) is 0 Å². The molecule has 14 heavy (non-hydrogen) atoms. The number of carboxylic acid groups (broad SMARTS) is 2. The Morgan fingerprint density at radius 3 is 1.36 bits per heavy atom. The molecule has 0 aromatic heterocycles. The average molecular weight is 328 g/mol.